The van der Waals surface area contributed by atoms with Crippen LogP contribution in [0.3, 0.4) is 0 Å². The van der Waals surface area contributed by atoms with Gasteiger partial charge in [0.25, 0.3) is 0 Å². The van der Waals surface area contributed by atoms with Gasteiger partial charge >= 0.3 is 0 Å². The molecule has 0 radical (unpaired) electrons. The first-order valence-corrected chi connectivity index (χ1v) is 8.17. The molecule has 0 aromatic rings. The third-order valence-electron chi connectivity index (χ3n) is 5.81. The minimum atomic E-state index is 0.309. The lowest BCUT2D eigenvalue weighted by Gasteiger charge is -2.55. The summed E-state index contributed by atoms with van der Waals surface area (Å²) in [7, 11) is 0. The molecular formula is C15H27N3O. The molecular weight excluding hydrogens is 238 g/mol. The second-order valence-electron chi connectivity index (χ2n) is 6.93. The molecule has 4 aliphatic rings. The van der Waals surface area contributed by atoms with Gasteiger partial charge in [0.1, 0.15) is 0 Å². The molecule has 3 heterocycles. The maximum atomic E-state index is 6.05. The molecule has 0 aromatic heterocycles. The van der Waals surface area contributed by atoms with Gasteiger partial charge in [-0.2, -0.15) is 0 Å². The highest BCUT2D eigenvalue weighted by molar-refractivity contribution is 5.00. The van der Waals surface area contributed by atoms with Gasteiger partial charge in [0.15, 0.2) is 0 Å². The predicted molar refractivity (Wildman–Crippen MR) is 75.4 cm³/mol. The third kappa shape index (κ3) is 2.33. The van der Waals surface area contributed by atoms with E-state index in [-0.39, 0.29) is 0 Å². The Bertz CT molecular complexity index is 319. The van der Waals surface area contributed by atoms with Crippen molar-refractivity contribution in [1.82, 2.24) is 15.1 Å². The fourth-order valence-corrected chi connectivity index (χ4v) is 4.30. The predicted octanol–water partition coefficient (Wildman–Crippen LogP) is 0.678. The van der Waals surface area contributed by atoms with Gasteiger partial charge in [-0.05, 0) is 32.1 Å². The van der Waals surface area contributed by atoms with Crippen molar-refractivity contribution in [2.24, 2.45) is 0 Å². The van der Waals surface area contributed by atoms with E-state index in [1.165, 1.54) is 71.4 Å². The Morgan fingerprint density at radius 3 is 2.47 bits per heavy atom. The van der Waals surface area contributed by atoms with Crippen LogP contribution in [-0.2, 0) is 4.74 Å². The molecule has 0 amide bonds. The van der Waals surface area contributed by atoms with Gasteiger partial charge < -0.3 is 10.1 Å². The monoisotopic (exact) mass is 265 g/mol. The maximum absolute atomic E-state index is 6.05. The van der Waals surface area contributed by atoms with Crippen LogP contribution in [0.4, 0.5) is 0 Å². The number of piperazine rings is 1. The number of nitrogens with one attached hydrogen (secondary N) is 1. The minimum absolute atomic E-state index is 0.309. The van der Waals surface area contributed by atoms with Crippen LogP contribution < -0.4 is 5.32 Å². The Morgan fingerprint density at radius 1 is 1.00 bits per heavy atom. The van der Waals surface area contributed by atoms with Crippen molar-refractivity contribution in [3.05, 3.63) is 0 Å². The molecule has 1 N–H and O–H groups in total. The molecule has 1 saturated carbocycles. The minimum Gasteiger partial charge on any atom is -0.375 e. The zero-order valence-electron chi connectivity index (χ0n) is 11.9. The Balaban J connectivity index is 1.28. The average molecular weight is 265 g/mol. The van der Waals surface area contributed by atoms with Crippen molar-refractivity contribution in [3.8, 4) is 0 Å². The summed E-state index contributed by atoms with van der Waals surface area (Å²) in [4.78, 5) is 5.42. The molecule has 3 aliphatic heterocycles. The number of hydrogen-bond donors (Lipinski definition) is 1. The Kier molecular flexibility index (Phi) is 3.30. The lowest BCUT2D eigenvalue weighted by molar-refractivity contribution is -0.159. The molecule has 4 heteroatoms. The van der Waals surface area contributed by atoms with Crippen LogP contribution in [0.15, 0.2) is 0 Å². The van der Waals surface area contributed by atoms with E-state index in [4.69, 9.17) is 4.74 Å². The summed E-state index contributed by atoms with van der Waals surface area (Å²) in [5.41, 5.74) is 0.309. The first-order chi connectivity index (χ1) is 9.35. The normalized spacial score (nSPS) is 36.9. The molecule has 4 nitrogen and oxygen atoms in total. The zero-order valence-corrected chi connectivity index (χ0v) is 11.9. The second kappa shape index (κ2) is 4.99. The van der Waals surface area contributed by atoms with Gasteiger partial charge in [-0.15, -0.1) is 0 Å². The summed E-state index contributed by atoms with van der Waals surface area (Å²) in [5, 5.41) is 3.45. The molecule has 19 heavy (non-hydrogen) atoms. The highest BCUT2D eigenvalue weighted by atomic mass is 16.5. The summed E-state index contributed by atoms with van der Waals surface area (Å²) in [6.45, 7) is 8.46. The van der Waals surface area contributed by atoms with Gasteiger partial charge in [0.2, 0.25) is 0 Å². The van der Waals surface area contributed by atoms with Gasteiger partial charge in [0, 0.05) is 58.0 Å². The number of ether oxygens (including phenoxy) is 1. The zero-order chi connectivity index (χ0) is 12.7. The average Bonchev–Trinajstić information content (AvgIpc) is 2.37. The van der Waals surface area contributed by atoms with Crippen LogP contribution in [-0.4, -0.2) is 73.4 Å². The van der Waals surface area contributed by atoms with Crippen LogP contribution in [0, 0.1) is 0 Å². The van der Waals surface area contributed by atoms with Crippen molar-refractivity contribution in [2.45, 2.75) is 49.8 Å². The van der Waals surface area contributed by atoms with Crippen LogP contribution >= 0.6 is 0 Å². The van der Waals surface area contributed by atoms with Crippen molar-refractivity contribution in [3.63, 3.8) is 0 Å². The second-order valence-corrected chi connectivity index (χ2v) is 6.93. The van der Waals surface area contributed by atoms with E-state index < -0.39 is 0 Å². The fraction of sp³-hybridized carbons (Fsp3) is 1.00. The largest absolute Gasteiger partial charge is 0.375 e. The summed E-state index contributed by atoms with van der Waals surface area (Å²) in [6.07, 6.45) is 6.59. The first-order valence-electron chi connectivity index (χ1n) is 8.17. The van der Waals surface area contributed by atoms with Gasteiger partial charge in [0.05, 0.1) is 5.60 Å². The number of hydrogen-bond acceptors (Lipinski definition) is 4. The Hall–Kier alpha value is -0.160. The molecule has 0 bridgehead atoms. The van der Waals surface area contributed by atoms with Gasteiger partial charge in [-0.25, -0.2) is 0 Å². The molecule has 1 unspecified atom stereocenters. The van der Waals surface area contributed by atoms with Crippen molar-refractivity contribution in [2.75, 3.05) is 45.9 Å². The SMILES string of the molecule is C1CC2(C1)CC(N1CC(N3CCNCC3)C1)CCO2. The summed E-state index contributed by atoms with van der Waals surface area (Å²) < 4.78 is 6.05. The topological polar surface area (TPSA) is 27.7 Å². The van der Waals surface area contributed by atoms with E-state index >= 15 is 0 Å². The molecule has 108 valence electrons. The highest BCUT2D eigenvalue weighted by Gasteiger charge is 2.46. The van der Waals surface area contributed by atoms with E-state index in [0.717, 1.165) is 18.7 Å². The van der Waals surface area contributed by atoms with E-state index in [9.17, 15) is 0 Å². The molecule has 1 spiro atoms. The van der Waals surface area contributed by atoms with Crippen molar-refractivity contribution < 1.29 is 4.74 Å². The molecule has 1 atom stereocenters. The number of likely N-dealkylation sites (tertiary alicyclic amines) is 1. The number of nitrogens with zero attached hydrogens (tertiary/aromatic N) is 2. The molecule has 4 rings (SSSR count). The molecule has 1 aliphatic carbocycles. The van der Waals surface area contributed by atoms with E-state index in [0.29, 0.717) is 5.60 Å². The maximum Gasteiger partial charge on any atom is 0.0697 e. The summed E-state index contributed by atoms with van der Waals surface area (Å²) >= 11 is 0. The molecule has 4 fully saturated rings. The third-order valence-corrected chi connectivity index (χ3v) is 5.81. The molecule has 3 saturated heterocycles. The summed E-state index contributed by atoms with van der Waals surface area (Å²) in [6, 6.07) is 1.65. The fourth-order valence-electron chi connectivity index (χ4n) is 4.30. The lowest BCUT2D eigenvalue weighted by atomic mass is 9.73. The van der Waals surface area contributed by atoms with Crippen molar-refractivity contribution in [1.29, 1.82) is 0 Å². The lowest BCUT2D eigenvalue weighted by Crippen LogP contribution is -2.66. The van der Waals surface area contributed by atoms with E-state index in [1.54, 1.807) is 0 Å². The quantitative estimate of drug-likeness (QED) is 0.794. The number of rotatable bonds is 2. The van der Waals surface area contributed by atoms with Crippen LogP contribution in [0.5, 0.6) is 0 Å². The van der Waals surface area contributed by atoms with E-state index in [2.05, 4.69) is 15.1 Å². The van der Waals surface area contributed by atoms with Crippen LogP contribution in [0.25, 0.3) is 0 Å². The Labute approximate surface area is 116 Å². The first kappa shape index (κ1) is 12.6. The molecule has 0 aromatic carbocycles. The van der Waals surface area contributed by atoms with Gasteiger partial charge in [-0.1, -0.05) is 0 Å². The van der Waals surface area contributed by atoms with Crippen LogP contribution in [0.1, 0.15) is 32.1 Å². The van der Waals surface area contributed by atoms with Crippen LogP contribution in [0.2, 0.25) is 0 Å². The van der Waals surface area contributed by atoms with Gasteiger partial charge in [-0.3, -0.25) is 9.80 Å². The Morgan fingerprint density at radius 2 is 1.79 bits per heavy atom. The van der Waals surface area contributed by atoms with Crippen molar-refractivity contribution >= 4 is 0 Å². The smallest absolute Gasteiger partial charge is 0.0697 e. The van der Waals surface area contributed by atoms with E-state index in [1.807, 2.05) is 0 Å². The summed E-state index contributed by atoms with van der Waals surface area (Å²) in [5.74, 6) is 0. The highest BCUT2D eigenvalue weighted by Crippen LogP contribution is 2.44. The standard InChI is InChI=1S/C15H27N3O/c1-3-15(4-1)10-13(2-9-19-15)18-11-14(12-18)17-7-5-16-6-8-17/h13-14,16H,1-12H2.